The largest absolute Gasteiger partial charge is 0.550 e. The average Bonchev–Trinajstić information content (AvgIpc) is 1.53. The van der Waals surface area contributed by atoms with Gasteiger partial charge in [0.25, 0.3) is 0 Å². The Morgan fingerprint density at radius 3 is 2.00 bits per heavy atom. The zero-order valence-corrected chi connectivity index (χ0v) is 7.62. The summed E-state index contributed by atoms with van der Waals surface area (Å²) in [6.07, 6.45) is -1.11. The Balaban J connectivity index is -0.000000500. The molecule has 0 rings (SSSR count). The SMILES string of the molecule is NC(N)CC(N)(N)CC(=O)[O-].O.[NH4+]. The zero-order chi connectivity index (χ0) is 9.07. The molecule has 0 aromatic carbocycles. The fourth-order valence-electron chi connectivity index (χ4n) is 0.780. The third kappa shape index (κ3) is 11.2. The van der Waals surface area contributed by atoms with Crippen LogP contribution in [-0.4, -0.2) is 23.3 Å². The van der Waals surface area contributed by atoms with Crippen LogP contribution < -0.4 is 34.2 Å². The van der Waals surface area contributed by atoms with E-state index >= 15 is 0 Å². The smallest absolute Gasteiger partial charge is 0.0717 e. The summed E-state index contributed by atoms with van der Waals surface area (Å²) in [5, 5.41) is 10.0. The normalized spacial score (nSPS) is 10.2. The van der Waals surface area contributed by atoms with Crippen LogP contribution in [0.4, 0.5) is 0 Å². The molecule has 13 heavy (non-hydrogen) atoms. The van der Waals surface area contributed by atoms with Crippen LogP contribution in [0.3, 0.4) is 0 Å². The second-order valence-electron chi connectivity index (χ2n) is 2.65. The molecule has 0 amide bonds. The van der Waals surface area contributed by atoms with Crippen molar-refractivity contribution in [3.8, 4) is 0 Å². The summed E-state index contributed by atoms with van der Waals surface area (Å²) < 4.78 is 0. The number of hydrogen-bond donors (Lipinski definition) is 5. The molecule has 0 spiro atoms. The molecule has 8 nitrogen and oxygen atoms in total. The summed E-state index contributed by atoms with van der Waals surface area (Å²) in [5.41, 5.74) is 19.6. The maximum Gasteiger partial charge on any atom is 0.0717 e. The lowest BCUT2D eigenvalue weighted by Gasteiger charge is -2.26. The van der Waals surface area contributed by atoms with E-state index < -0.39 is 24.2 Å². The van der Waals surface area contributed by atoms with Crippen LogP contribution in [0.2, 0.25) is 0 Å². The lowest BCUT2D eigenvalue weighted by Crippen LogP contribution is -2.57. The third-order valence-corrected chi connectivity index (χ3v) is 1.09. The predicted molar refractivity (Wildman–Crippen MR) is 47.1 cm³/mol. The van der Waals surface area contributed by atoms with Crippen LogP contribution >= 0.6 is 0 Å². The van der Waals surface area contributed by atoms with Crippen molar-refractivity contribution in [2.24, 2.45) is 22.9 Å². The molecule has 8 heteroatoms. The standard InChI is InChI=1S/C5H14N4O2.H3N.H2O/c6-3(7)1-5(8,9)2-4(10)11;;/h3H,1-2,6-9H2,(H,10,11);1H3;1H2. The van der Waals surface area contributed by atoms with E-state index in [0.717, 1.165) is 0 Å². The Morgan fingerprint density at radius 2 is 1.77 bits per heavy atom. The zero-order valence-electron chi connectivity index (χ0n) is 7.62. The van der Waals surface area contributed by atoms with Crippen molar-refractivity contribution in [3.63, 3.8) is 0 Å². The van der Waals surface area contributed by atoms with Crippen LogP contribution in [-0.2, 0) is 4.79 Å². The van der Waals surface area contributed by atoms with Crippen molar-refractivity contribution in [1.82, 2.24) is 6.15 Å². The molecule has 0 aromatic rings. The van der Waals surface area contributed by atoms with E-state index in [1.54, 1.807) is 0 Å². The molecule has 0 aliphatic rings. The molecule has 14 N–H and O–H groups in total. The number of carboxylic acids is 1. The summed E-state index contributed by atoms with van der Waals surface area (Å²) in [6.45, 7) is 0. The fraction of sp³-hybridized carbons (Fsp3) is 0.800. The molecular weight excluding hydrogens is 178 g/mol. The predicted octanol–water partition coefficient (Wildman–Crippen LogP) is -4.07. The number of hydrogen-bond acceptors (Lipinski definition) is 6. The van der Waals surface area contributed by atoms with Gasteiger partial charge < -0.3 is 44.5 Å². The highest BCUT2D eigenvalue weighted by molar-refractivity contribution is 5.65. The van der Waals surface area contributed by atoms with Gasteiger partial charge in [0.1, 0.15) is 0 Å². The molecule has 0 heterocycles. The summed E-state index contributed by atoms with van der Waals surface area (Å²) >= 11 is 0. The highest BCUT2D eigenvalue weighted by atomic mass is 16.4. The van der Waals surface area contributed by atoms with Crippen LogP contribution in [0.25, 0.3) is 0 Å². The van der Waals surface area contributed by atoms with E-state index in [1.165, 1.54) is 0 Å². The molecule has 0 aliphatic heterocycles. The van der Waals surface area contributed by atoms with Gasteiger partial charge in [-0.25, -0.2) is 0 Å². The first-order valence-electron chi connectivity index (χ1n) is 3.12. The number of aliphatic carboxylic acids is 1. The van der Waals surface area contributed by atoms with Gasteiger partial charge in [0, 0.05) is 18.8 Å². The van der Waals surface area contributed by atoms with E-state index in [-0.39, 0.29) is 18.0 Å². The summed E-state index contributed by atoms with van der Waals surface area (Å²) in [4.78, 5) is 10.0. The lowest BCUT2D eigenvalue weighted by atomic mass is 10.0. The van der Waals surface area contributed by atoms with E-state index in [1.807, 2.05) is 0 Å². The maximum absolute atomic E-state index is 10.0. The highest BCUT2D eigenvalue weighted by Gasteiger charge is 2.20. The first kappa shape index (κ1) is 18.1. The number of nitrogens with two attached hydrogens (primary N) is 4. The molecule has 0 fully saturated rings. The van der Waals surface area contributed by atoms with Crippen molar-refractivity contribution < 1.29 is 15.4 Å². The van der Waals surface area contributed by atoms with Gasteiger partial charge in [-0.05, 0) is 0 Å². The van der Waals surface area contributed by atoms with E-state index in [0.29, 0.717) is 0 Å². The minimum atomic E-state index is -1.37. The van der Waals surface area contributed by atoms with Gasteiger partial charge in [-0.15, -0.1) is 0 Å². The number of carboxylic acid groups (broad SMARTS) is 1. The molecule has 0 unspecified atom stereocenters. The van der Waals surface area contributed by atoms with Crippen LogP contribution in [0, 0.1) is 0 Å². The molecule has 0 aliphatic carbocycles. The quantitative estimate of drug-likeness (QED) is 0.282. The number of rotatable bonds is 4. The van der Waals surface area contributed by atoms with Gasteiger partial charge in [-0.2, -0.15) is 0 Å². The monoisotopic (exact) mass is 197 g/mol. The van der Waals surface area contributed by atoms with E-state index in [9.17, 15) is 9.90 Å². The first-order valence-corrected chi connectivity index (χ1v) is 3.12. The van der Waals surface area contributed by atoms with Crippen molar-refractivity contribution >= 4 is 5.97 Å². The third-order valence-electron chi connectivity index (χ3n) is 1.09. The van der Waals surface area contributed by atoms with Gasteiger partial charge in [0.2, 0.25) is 0 Å². The molecule has 0 radical (unpaired) electrons. The van der Waals surface area contributed by atoms with E-state index in [4.69, 9.17) is 22.9 Å². The van der Waals surface area contributed by atoms with E-state index in [2.05, 4.69) is 0 Å². The number of carbonyl (C=O) groups excluding carboxylic acids is 1. The number of quaternary nitrogens is 1. The van der Waals surface area contributed by atoms with Gasteiger partial charge in [0.15, 0.2) is 0 Å². The van der Waals surface area contributed by atoms with Crippen LogP contribution in [0.1, 0.15) is 12.8 Å². The first-order chi connectivity index (χ1) is 4.83. The van der Waals surface area contributed by atoms with Gasteiger partial charge >= 0.3 is 0 Å². The maximum atomic E-state index is 10.0. The second kappa shape index (κ2) is 6.71. The van der Waals surface area contributed by atoms with Gasteiger partial charge in [-0.1, -0.05) is 0 Å². The Labute approximate surface area is 76.1 Å². The Kier molecular flexibility index (Phi) is 9.35. The van der Waals surface area contributed by atoms with Crippen LogP contribution in [0.15, 0.2) is 0 Å². The Bertz CT molecular complexity index is 149. The minimum absolute atomic E-state index is 0. The minimum Gasteiger partial charge on any atom is -0.550 e. The van der Waals surface area contributed by atoms with Crippen molar-refractivity contribution in [1.29, 1.82) is 0 Å². The molecule has 82 valence electrons. The second-order valence-corrected chi connectivity index (χ2v) is 2.65. The average molecular weight is 197 g/mol. The molecule has 0 atom stereocenters. The summed E-state index contributed by atoms with van der Waals surface area (Å²) in [6, 6.07) is 0. The Morgan fingerprint density at radius 1 is 1.38 bits per heavy atom. The lowest BCUT2D eigenvalue weighted by molar-refractivity contribution is -0.307. The van der Waals surface area contributed by atoms with Crippen molar-refractivity contribution in [3.05, 3.63) is 0 Å². The van der Waals surface area contributed by atoms with Gasteiger partial charge in [-0.3, -0.25) is 0 Å². The highest BCUT2D eigenvalue weighted by Crippen LogP contribution is 2.03. The molecule has 0 saturated carbocycles. The number of carbonyl (C=O) groups is 1. The molecule has 0 bridgehead atoms. The Hall–Kier alpha value is -0.770. The molecule has 0 saturated heterocycles. The van der Waals surface area contributed by atoms with Crippen molar-refractivity contribution in [2.75, 3.05) is 0 Å². The van der Waals surface area contributed by atoms with Crippen molar-refractivity contribution in [2.45, 2.75) is 24.7 Å². The topological polar surface area (TPSA) is 212 Å². The molecule has 0 aromatic heterocycles. The fourth-order valence-corrected chi connectivity index (χ4v) is 0.780. The van der Waals surface area contributed by atoms with Crippen LogP contribution in [0.5, 0.6) is 0 Å². The summed E-state index contributed by atoms with van der Waals surface area (Å²) in [7, 11) is 0. The molecular formula is C5H19N5O3. The van der Waals surface area contributed by atoms with Gasteiger partial charge in [0.05, 0.1) is 11.8 Å². The summed E-state index contributed by atoms with van der Waals surface area (Å²) in [5.74, 6) is -1.31.